The predicted molar refractivity (Wildman–Crippen MR) is 75.7 cm³/mol. The van der Waals surface area contributed by atoms with Crippen molar-refractivity contribution in [2.45, 2.75) is 26.4 Å². The number of anilines is 1. The van der Waals surface area contributed by atoms with Crippen molar-refractivity contribution >= 4 is 34.9 Å². The first kappa shape index (κ1) is 13.8. The molecule has 0 atom stereocenters. The monoisotopic (exact) mass is 280 g/mol. The third kappa shape index (κ3) is 3.90. The van der Waals surface area contributed by atoms with Crippen LogP contribution in [0.5, 0.6) is 0 Å². The largest absolute Gasteiger partial charge is 0.429 e. The molecule has 1 aromatic carbocycles. The normalized spacial score (nSPS) is 11.1. The molecule has 102 valence electrons. The summed E-state index contributed by atoms with van der Waals surface area (Å²) in [5.74, 6) is -0.0888. The number of oxazole rings is 1. The molecule has 0 aliphatic rings. The fraction of sp³-hybridized carbons (Fsp3) is 0.385. The van der Waals surface area contributed by atoms with Crippen LogP contribution in [0.4, 0.5) is 5.69 Å². The Morgan fingerprint density at radius 3 is 3.05 bits per heavy atom. The zero-order chi connectivity index (χ0) is 13.8. The second-order valence-electron chi connectivity index (χ2n) is 4.44. The van der Waals surface area contributed by atoms with Crippen LogP contribution in [-0.2, 0) is 9.53 Å². The summed E-state index contributed by atoms with van der Waals surface area (Å²) in [6.45, 7) is 4.29. The Morgan fingerprint density at radius 1 is 1.53 bits per heavy atom. The maximum atomic E-state index is 11.7. The number of benzene rings is 1. The summed E-state index contributed by atoms with van der Waals surface area (Å²) in [4.78, 5) is 14.9. The van der Waals surface area contributed by atoms with Gasteiger partial charge >= 0.3 is 0 Å². The molecule has 6 heteroatoms. The van der Waals surface area contributed by atoms with Crippen molar-refractivity contribution in [3.63, 3.8) is 0 Å². The van der Waals surface area contributed by atoms with E-state index in [-0.39, 0.29) is 12.0 Å². The number of fused-ring (bicyclic) bond motifs is 1. The maximum Gasteiger partial charge on any atom is 0.266 e. The molecule has 2 N–H and O–H groups in total. The molecule has 5 nitrogen and oxygen atoms in total. The summed E-state index contributed by atoms with van der Waals surface area (Å²) in [5.41, 5.74) is 2.12. The average Bonchev–Trinajstić information content (AvgIpc) is 2.67. The third-order valence-corrected chi connectivity index (χ3v) is 2.67. The highest BCUT2D eigenvalue weighted by atomic mass is 32.1. The van der Waals surface area contributed by atoms with Gasteiger partial charge in [0, 0.05) is 11.8 Å². The van der Waals surface area contributed by atoms with Crippen molar-refractivity contribution in [1.29, 1.82) is 0 Å². The lowest BCUT2D eigenvalue weighted by Gasteiger charge is -2.08. The lowest BCUT2D eigenvalue weighted by molar-refractivity contribution is -0.117. The number of carbonyl (C=O) groups is 1. The van der Waals surface area contributed by atoms with Crippen LogP contribution in [0, 0.1) is 4.84 Å². The molecule has 0 fully saturated rings. The van der Waals surface area contributed by atoms with Gasteiger partial charge in [0.2, 0.25) is 5.91 Å². The van der Waals surface area contributed by atoms with Crippen LogP contribution in [0.25, 0.3) is 11.1 Å². The number of hydrogen-bond acceptors (Lipinski definition) is 4. The van der Waals surface area contributed by atoms with Gasteiger partial charge in [-0.2, -0.15) is 0 Å². The summed E-state index contributed by atoms with van der Waals surface area (Å²) < 4.78 is 10.6. The summed E-state index contributed by atoms with van der Waals surface area (Å²) in [7, 11) is 0. The molecule has 0 spiro atoms. The number of amides is 1. The molecule has 0 radical (unpaired) electrons. The molecular weight excluding hydrogens is 264 g/mol. The molecule has 0 saturated heterocycles. The first-order valence-electron chi connectivity index (χ1n) is 6.09. The molecule has 0 aliphatic carbocycles. The van der Waals surface area contributed by atoms with Crippen LogP contribution < -0.4 is 5.32 Å². The van der Waals surface area contributed by atoms with Gasteiger partial charge in [-0.3, -0.25) is 4.79 Å². The van der Waals surface area contributed by atoms with Crippen molar-refractivity contribution in [1.82, 2.24) is 4.98 Å². The lowest BCUT2D eigenvalue weighted by Crippen LogP contribution is -2.15. The molecule has 2 aromatic rings. The minimum absolute atomic E-state index is 0.0888. The van der Waals surface area contributed by atoms with E-state index in [4.69, 9.17) is 21.4 Å². The number of H-pyrrole nitrogens is 1. The minimum atomic E-state index is -0.0888. The summed E-state index contributed by atoms with van der Waals surface area (Å²) in [6.07, 6.45) is 0.459. The molecule has 1 heterocycles. The van der Waals surface area contributed by atoms with Crippen molar-refractivity contribution in [3.05, 3.63) is 23.0 Å². The van der Waals surface area contributed by atoms with E-state index < -0.39 is 0 Å². The van der Waals surface area contributed by atoms with Crippen molar-refractivity contribution < 1.29 is 13.9 Å². The van der Waals surface area contributed by atoms with Gasteiger partial charge in [0.05, 0.1) is 24.6 Å². The van der Waals surface area contributed by atoms with Crippen molar-refractivity contribution in [2.24, 2.45) is 0 Å². The molecule has 19 heavy (non-hydrogen) atoms. The topological polar surface area (TPSA) is 67.3 Å². The van der Waals surface area contributed by atoms with E-state index in [0.29, 0.717) is 29.1 Å². The first-order valence-corrected chi connectivity index (χ1v) is 6.50. The Balaban J connectivity index is 1.96. The van der Waals surface area contributed by atoms with E-state index in [1.54, 1.807) is 12.1 Å². The Morgan fingerprint density at radius 2 is 2.32 bits per heavy atom. The molecule has 1 amide bonds. The quantitative estimate of drug-likeness (QED) is 0.825. The number of hydrogen-bond donors (Lipinski definition) is 2. The number of ether oxygens (including phenoxy) is 1. The van der Waals surface area contributed by atoms with E-state index >= 15 is 0 Å². The van der Waals surface area contributed by atoms with Crippen molar-refractivity contribution in [3.8, 4) is 0 Å². The number of rotatable bonds is 5. The molecule has 0 aliphatic heterocycles. The molecule has 0 bridgehead atoms. The van der Waals surface area contributed by atoms with Crippen molar-refractivity contribution in [2.75, 3.05) is 11.9 Å². The Labute approximate surface area is 116 Å². The lowest BCUT2D eigenvalue weighted by atomic mass is 10.3. The van der Waals surface area contributed by atoms with Crippen LogP contribution in [0.1, 0.15) is 20.3 Å². The van der Waals surface area contributed by atoms with E-state index in [1.807, 2.05) is 19.9 Å². The zero-order valence-corrected chi connectivity index (χ0v) is 11.7. The molecule has 1 aromatic heterocycles. The van der Waals surface area contributed by atoms with Crippen LogP contribution in [-0.4, -0.2) is 23.6 Å². The number of aromatic amines is 1. The highest BCUT2D eigenvalue weighted by Gasteiger charge is 2.05. The van der Waals surface area contributed by atoms with Crippen LogP contribution in [0.15, 0.2) is 22.6 Å². The van der Waals surface area contributed by atoms with E-state index in [0.717, 1.165) is 5.52 Å². The molecule has 2 rings (SSSR count). The highest BCUT2D eigenvalue weighted by molar-refractivity contribution is 7.71. The van der Waals surface area contributed by atoms with Gasteiger partial charge in [0.15, 0.2) is 5.58 Å². The van der Waals surface area contributed by atoms with E-state index in [2.05, 4.69) is 10.3 Å². The zero-order valence-electron chi connectivity index (χ0n) is 10.9. The van der Waals surface area contributed by atoms with Gasteiger partial charge < -0.3 is 19.5 Å². The minimum Gasteiger partial charge on any atom is -0.429 e. The summed E-state index contributed by atoms with van der Waals surface area (Å²) in [5, 5.41) is 2.79. The molecule has 0 unspecified atom stereocenters. The van der Waals surface area contributed by atoms with Gasteiger partial charge in [0.1, 0.15) is 0 Å². The number of nitrogens with one attached hydrogen (secondary N) is 2. The van der Waals surface area contributed by atoms with Crippen LogP contribution in [0.2, 0.25) is 0 Å². The third-order valence-electron chi connectivity index (χ3n) is 2.49. The van der Waals surface area contributed by atoms with Gasteiger partial charge in [0.25, 0.3) is 4.84 Å². The Bertz CT molecular complexity index is 630. The number of carbonyl (C=O) groups excluding carboxylic acids is 1. The van der Waals surface area contributed by atoms with Crippen LogP contribution >= 0.6 is 12.2 Å². The second-order valence-corrected chi connectivity index (χ2v) is 4.81. The van der Waals surface area contributed by atoms with Gasteiger partial charge in [-0.1, -0.05) is 0 Å². The second kappa shape index (κ2) is 5.99. The smallest absolute Gasteiger partial charge is 0.266 e. The summed E-state index contributed by atoms with van der Waals surface area (Å²) in [6, 6.07) is 5.35. The number of aromatic nitrogens is 1. The fourth-order valence-electron chi connectivity index (χ4n) is 1.63. The molecule has 0 saturated carbocycles. The average molecular weight is 280 g/mol. The van der Waals surface area contributed by atoms with Crippen LogP contribution in [0.3, 0.4) is 0 Å². The van der Waals surface area contributed by atoms with E-state index in [1.165, 1.54) is 0 Å². The van der Waals surface area contributed by atoms with Gasteiger partial charge in [-0.15, -0.1) is 0 Å². The Hall–Kier alpha value is -1.66. The SMILES string of the molecule is CC(C)OCCC(=O)Nc1ccc2[nH]c(=S)oc2c1. The van der Waals surface area contributed by atoms with E-state index in [9.17, 15) is 4.79 Å². The van der Waals surface area contributed by atoms with Gasteiger partial charge in [-0.05, 0) is 38.2 Å². The summed E-state index contributed by atoms with van der Waals surface area (Å²) >= 11 is 4.90. The highest BCUT2D eigenvalue weighted by Crippen LogP contribution is 2.18. The predicted octanol–water partition coefficient (Wildman–Crippen LogP) is 3.24. The first-order chi connectivity index (χ1) is 9.04. The Kier molecular flexibility index (Phi) is 4.34. The standard InChI is InChI=1S/C13H16N2O3S/c1-8(2)17-6-5-12(16)14-9-3-4-10-11(7-9)18-13(19)15-10/h3-4,7-8H,5-6H2,1-2H3,(H,14,16)(H,15,19). The van der Waals surface area contributed by atoms with Gasteiger partial charge in [-0.25, -0.2) is 0 Å². The molecular formula is C13H16N2O3S. The maximum absolute atomic E-state index is 11.7. The fourth-order valence-corrected chi connectivity index (χ4v) is 1.83.